The van der Waals surface area contributed by atoms with E-state index in [0.717, 1.165) is 24.6 Å². The van der Waals surface area contributed by atoms with Crippen molar-refractivity contribution in [3.05, 3.63) is 43.0 Å². The molecule has 1 N–H and O–H groups in total. The van der Waals surface area contributed by atoms with E-state index in [1.807, 2.05) is 23.2 Å². The number of nitrogens with zero attached hydrogens (tertiary/aromatic N) is 2. The largest absolute Gasteiger partial charge is 0.490 e. The smallest absolute Gasteiger partial charge is 0.142 e. The monoisotopic (exact) mass is 339 g/mol. The van der Waals surface area contributed by atoms with Gasteiger partial charge in [-0.25, -0.2) is 4.98 Å². The van der Waals surface area contributed by atoms with Gasteiger partial charge in [-0.1, -0.05) is 18.6 Å². The lowest BCUT2D eigenvalue weighted by atomic mass is 9.46. The summed E-state index contributed by atoms with van der Waals surface area (Å²) in [5.74, 6) is 1.61. The third-order valence-electron chi connectivity index (χ3n) is 6.40. The number of anilines is 1. The predicted octanol–water partition coefficient (Wildman–Crippen LogP) is 3.33. The van der Waals surface area contributed by atoms with Gasteiger partial charge in [-0.05, 0) is 31.4 Å². The van der Waals surface area contributed by atoms with E-state index in [-0.39, 0.29) is 0 Å². The summed E-state index contributed by atoms with van der Waals surface area (Å²) in [5, 5.41) is 3.83. The van der Waals surface area contributed by atoms with Crippen molar-refractivity contribution in [1.29, 1.82) is 0 Å². The van der Waals surface area contributed by atoms with Crippen molar-refractivity contribution >= 4 is 5.69 Å². The molecule has 0 amide bonds. The van der Waals surface area contributed by atoms with E-state index in [1.165, 1.54) is 25.7 Å². The molecular weight excluding hydrogens is 314 g/mol. The van der Waals surface area contributed by atoms with Gasteiger partial charge in [0.2, 0.25) is 0 Å². The van der Waals surface area contributed by atoms with Gasteiger partial charge in [-0.15, -0.1) is 0 Å². The first-order valence-corrected chi connectivity index (χ1v) is 9.42. The van der Waals surface area contributed by atoms with Crippen molar-refractivity contribution in [2.24, 2.45) is 11.3 Å². The number of aromatic nitrogens is 2. The van der Waals surface area contributed by atoms with Crippen molar-refractivity contribution in [3.8, 4) is 5.75 Å². The van der Waals surface area contributed by atoms with Crippen molar-refractivity contribution in [1.82, 2.24) is 9.55 Å². The maximum Gasteiger partial charge on any atom is 0.142 e. The Morgan fingerprint density at radius 2 is 2.24 bits per heavy atom. The molecule has 132 valence electrons. The zero-order chi connectivity index (χ0) is 16.7. The summed E-state index contributed by atoms with van der Waals surface area (Å²) in [4.78, 5) is 4.07. The van der Waals surface area contributed by atoms with Crippen LogP contribution >= 0.6 is 0 Å². The van der Waals surface area contributed by atoms with Gasteiger partial charge in [0.1, 0.15) is 12.4 Å². The number of hydrogen-bond acceptors (Lipinski definition) is 4. The molecule has 2 aromatic rings. The third-order valence-corrected chi connectivity index (χ3v) is 6.40. The van der Waals surface area contributed by atoms with Gasteiger partial charge in [-0.3, -0.25) is 0 Å². The molecule has 1 aliphatic heterocycles. The van der Waals surface area contributed by atoms with Gasteiger partial charge in [-0.2, -0.15) is 0 Å². The van der Waals surface area contributed by atoms with Crippen molar-refractivity contribution in [2.45, 2.75) is 44.4 Å². The fourth-order valence-corrected chi connectivity index (χ4v) is 5.02. The topological polar surface area (TPSA) is 48.3 Å². The van der Waals surface area contributed by atoms with Crippen LogP contribution in [0.5, 0.6) is 5.75 Å². The first-order valence-electron chi connectivity index (χ1n) is 9.42. The minimum Gasteiger partial charge on any atom is -0.490 e. The molecule has 0 bridgehead atoms. The summed E-state index contributed by atoms with van der Waals surface area (Å²) in [6, 6.07) is 8.86. The lowest BCUT2D eigenvalue weighted by Gasteiger charge is -2.63. The van der Waals surface area contributed by atoms with Crippen LogP contribution in [-0.2, 0) is 11.3 Å². The fraction of sp³-hybridized carbons (Fsp3) is 0.550. The van der Waals surface area contributed by atoms with Crippen molar-refractivity contribution in [2.75, 3.05) is 18.5 Å². The minimum absolute atomic E-state index is 0.380. The number of hydrogen-bond donors (Lipinski definition) is 1. The molecule has 3 aliphatic rings. The van der Waals surface area contributed by atoms with Crippen molar-refractivity contribution in [3.63, 3.8) is 0 Å². The molecule has 2 saturated carbocycles. The Labute approximate surface area is 148 Å². The summed E-state index contributed by atoms with van der Waals surface area (Å²) in [5.41, 5.74) is 1.50. The van der Waals surface area contributed by atoms with Gasteiger partial charge in [0.15, 0.2) is 0 Å². The summed E-state index contributed by atoms with van der Waals surface area (Å²) in [6.45, 7) is 2.37. The number of imidazole rings is 1. The molecule has 0 radical (unpaired) electrons. The molecular formula is C20H25N3O2. The predicted molar refractivity (Wildman–Crippen MR) is 95.7 cm³/mol. The summed E-state index contributed by atoms with van der Waals surface area (Å²) >= 11 is 0. The molecule has 2 aliphatic carbocycles. The minimum atomic E-state index is 0.380. The Morgan fingerprint density at radius 3 is 3.04 bits per heavy atom. The second kappa shape index (κ2) is 6.06. The van der Waals surface area contributed by atoms with E-state index in [2.05, 4.69) is 28.5 Å². The maximum atomic E-state index is 6.07. The molecule has 25 heavy (non-hydrogen) atoms. The van der Waals surface area contributed by atoms with Crippen LogP contribution in [0.1, 0.15) is 25.7 Å². The molecule has 1 aromatic heterocycles. The van der Waals surface area contributed by atoms with E-state index in [1.54, 1.807) is 6.20 Å². The summed E-state index contributed by atoms with van der Waals surface area (Å²) < 4.78 is 14.1. The number of nitrogens with one attached hydrogen (secondary N) is 1. The first kappa shape index (κ1) is 15.3. The summed E-state index contributed by atoms with van der Waals surface area (Å²) in [7, 11) is 0. The molecule has 5 nitrogen and oxygen atoms in total. The third kappa shape index (κ3) is 2.44. The highest BCUT2D eigenvalue weighted by Crippen LogP contribution is 2.63. The summed E-state index contributed by atoms with van der Waals surface area (Å²) in [6.07, 6.45) is 11.2. The maximum absolute atomic E-state index is 6.07. The number of rotatable bonds is 6. The van der Waals surface area contributed by atoms with E-state index in [0.29, 0.717) is 30.1 Å². The quantitative estimate of drug-likeness (QED) is 0.877. The SMILES string of the molecule is c1ccc(OCCn2ccnc2)c(N[C@@H]2[C@H]3CCO[C@H]3C23CCC3)c1. The Bertz CT molecular complexity index is 726. The molecule has 3 atom stereocenters. The molecule has 1 saturated heterocycles. The van der Waals surface area contributed by atoms with Gasteiger partial charge in [0, 0.05) is 36.4 Å². The molecule has 5 rings (SSSR count). The van der Waals surface area contributed by atoms with E-state index >= 15 is 0 Å². The Kier molecular flexibility index (Phi) is 3.70. The van der Waals surface area contributed by atoms with Gasteiger partial charge >= 0.3 is 0 Å². The second-order valence-electron chi connectivity index (χ2n) is 7.60. The number of fused-ring (bicyclic) bond motifs is 2. The molecule has 1 spiro atoms. The van der Waals surface area contributed by atoms with Gasteiger partial charge < -0.3 is 19.4 Å². The number of ether oxygens (including phenoxy) is 2. The molecule has 3 fully saturated rings. The molecule has 2 heterocycles. The van der Waals surface area contributed by atoms with Crippen LogP contribution in [0.4, 0.5) is 5.69 Å². The highest BCUT2D eigenvalue weighted by molar-refractivity contribution is 5.58. The van der Waals surface area contributed by atoms with E-state index < -0.39 is 0 Å². The zero-order valence-electron chi connectivity index (χ0n) is 14.4. The fourth-order valence-electron chi connectivity index (χ4n) is 5.02. The molecule has 1 aromatic carbocycles. The van der Waals surface area contributed by atoms with Crippen LogP contribution in [-0.4, -0.2) is 34.9 Å². The van der Waals surface area contributed by atoms with Gasteiger partial charge in [0.25, 0.3) is 0 Å². The van der Waals surface area contributed by atoms with Crippen LogP contribution in [0.15, 0.2) is 43.0 Å². The standard InChI is InChI=1S/C20H25N3O2/c1-2-5-17(24-13-11-23-10-9-21-14-23)16(4-1)22-18-15-6-12-25-19(15)20(18)7-3-8-20/h1-2,4-5,9-10,14-15,18-19,22H,3,6-8,11-13H2/t15-,18-,19-/m1/s1. The Balaban J connectivity index is 1.28. The number of benzene rings is 1. The Hall–Kier alpha value is -2.01. The van der Waals surface area contributed by atoms with Gasteiger partial charge in [0.05, 0.1) is 24.7 Å². The Morgan fingerprint density at radius 1 is 1.32 bits per heavy atom. The number of para-hydroxylation sites is 2. The molecule has 5 heteroatoms. The van der Waals surface area contributed by atoms with Crippen LogP contribution < -0.4 is 10.1 Å². The van der Waals surface area contributed by atoms with Crippen LogP contribution in [0.3, 0.4) is 0 Å². The second-order valence-corrected chi connectivity index (χ2v) is 7.60. The zero-order valence-corrected chi connectivity index (χ0v) is 14.4. The van der Waals surface area contributed by atoms with Crippen LogP contribution in [0, 0.1) is 11.3 Å². The van der Waals surface area contributed by atoms with E-state index in [9.17, 15) is 0 Å². The van der Waals surface area contributed by atoms with Crippen molar-refractivity contribution < 1.29 is 9.47 Å². The average molecular weight is 339 g/mol. The lowest BCUT2D eigenvalue weighted by molar-refractivity contribution is -0.158. The highest BCUT2D eigenvalue weighted by atomic mass is 16.5. The highest BCUT2D eigenvalue weighted by Gasteiger charge is 2.66. The van der Waals surface area contributed by atoms with Crippen LogP contribution in [0.2, 0.25) is 0 Å². The lowest BCUT2D eigenvalue weighted by Crippen LogP contribution is -2.68. The average Bonchev–Trinajstić information content (AvgIpc) is 3.23. The van der Waals surface area contributed by atoms with Crippen LogP contribution in [0.25, 0.3) is 0 Å². The molecule has 0 unspecified atom stereocenters. The van der Waals surface area contributed by atoms with E-state index in [4.69, 9.17) is 9.47 Å². The normalized spacial score (nSPS) is 28.9. The first-order chi connectivity index (χ1) is 12.4.